The predicted octanol–water partition coefficient (Wildman–Crippen LogP) is 1.91. The molecule has 2 rings (SSSR count). The molecule has 0 bridgehead atoms. The molecule has 6 nitrogen and oxygen atoms in total. The Hall–Kier alpha value is -2.08. The molecule has 19 heavy (non-hydrogen) atoms. The molecule has 0 aliphatic rings. The highest BCUT2D eigenvalue weighted by Crippen LogP contribution is 2.19. The van der Waals surface area contributed by atoms with E-state index >= 15 is 0 Å². The normalized spacial score (nSPS) is 10.5. The van der Waals surface area contributed by atoms with Crippen molar-refractivity contribution < 1.29 is 4.42 Å². The Bertz CT molecular complexity index is 525. The first kappa shape index (κ1) is 13.4. The lowest BCUT2D eigenvalue weighted by atomic mass is 10.4. The molecule has 0 spiro atoms. The van der Waals surface area contributed by atoms with Crippen molar-refractivity contribution in [2.24, 2.45) is 5.73 Å². The molecule has 0 unspecified atom stereocenters. The Morgan fingerprint density at radius 1 is 1.37 bits per heavy atom. The smallest absolute Gasteiger partial charge is 0.198 e. The van der Waals surface area contributed by atoms with Gasteiger partial charge in [-0.25, -0.2) is 9.97 Å². The van der Waals surface area contributed by atoms with Crippen LogP contribution < -0.4 is 16.0 Å². The minimum Gasteiger partial charge on any atom is -0.446 e. The van der Waals surface area contributed by atoms with Crippen molar-refractivity contribution in [2.45, 2.75) is 13.3 Å². The van der Waals surface area contributed by atoms with Gasteiger partial charge in [-0.15, -0.1) is 0 Å². The Balaban J connectivity index is 2.06. The molecule has 3 N–H and O–H groups in total. The largest absolute Gasteiger partial charge is 0.446 e. The summed E-state index contributed by atoms with van der Waals surface area (Å²) in [4.78, 5) is 10.5. The summed E-state index contributed by atoms with van der Waals surface area (Å²) in [6.07, 6.45) is 2.47. The first-order valence-electron chi connectivity index (χ1n) is 6.26. The first-order chi connectivity index (χ1) is 9.19. The zero-order valence-corrected chi connectivity index (χ0v) is 11.3. The number of furan rings is 1. The molecule has 0 fully saturated rings. The minimum atomic E-state index is 0.673. The molecule has 102 valence electrons. The fourth-order valence-electron chi connectivity index (χ4n) is 1.70. The van der Waals surface area contributed by atoms with Gasteiger partial charge in [-0.1, -0.05) is 0 Å². The van der Waals surface area contributed by atoms with Crippen LogP contribution in [0.5, 0.6) is 0 Å². The number of nitrogens with one attached hydrogen (secondary N) is 1. The Kier molecular flexibility index (Phi) is 4.35. The number of hydrogen-bond acceptors (Lipinski definition) is 6. The van der Waals surface area contributed by atoms with E-state index in [0.29, 0.717) is 18.2 Å². The van der Waals surface area contributed by atoms with Crippen LogP contribution in [0.3, 0.4) is 0 Å². The molecule has 0 saturated heterocycles. The van der Waals surface area contributed by atoms with Gasteiger partial charge in [0, 0.05) is 25.7 Å². The van der Waals surface area contributed by atoms with Crippen LogP contribution >= 0.6 is 0 Å². The maximum Gasteiger partial charge on any atom is 0.198 e. The standard InChI is InChI=1S/C13H19N5O/c1-10-4-5-13(19-10)17-11-8-12(16-9-15-11)18(2)7-3-6-14/h4-5,8-9H,3,6-7,14H2,1-2H3,(H,15,16,17). The van der Waals surface area contributed by atoms with Crippen molar-refractivity contribution in [2.75, 3.05) is 30.4 Å². The summed E-state index contributed by atoms with van der Waals surface area (Å²) in [5.74, 6) is 3.09. The van der Waals surface area contributed by atoms with Crippen LogP contribution in [0.4, 0.5) is 17.5 Å². The molecule has 0 aromatic carbocycles. The monoisotopic (exact) mass is 261 g/mol. The number of aryl methyl sites for hydroxylation is 1. The van der Waals surface area contributed by atoms with Gasteiger partial charge < -0.3 is 20.4 Å². The van der Waals surface area contributed by atoms with E-state index in [2.05, 4.69) is 15.3 Å². The summed E-state index contributed by atoms with van der Waals surface area (Å²) in [7, 11) is 1.98. The third-order valence-corrected chi connectivity index (χ3v) is 2.73. The number of aromatic nitrogens is 2. The highest BCUT2D eigenvalue weighted by atomic mass is 16.4. The highest BCUT2D eigenvalue weighted by molar-refractivity contribution is 5.55. The summed E-state index contributed by atoms with van der Waals surface area (Å²) in [6, 6.07) is 5.65. The summed E-state index contributed by atoms with van der Waals surface area (Å²) < 4.78 is 5.45. The fourth-order valence-corrected chi connectivity index (χ4v) is 1.70. The van der Waals surface area contributed by atoms with Gasteiger partial charge in [0.2, 0.25) is 0 Å². The lowest BCUT2D eigenvalue weighted by Crippen LogP contribution is -2.22. The van der Waals surface area contributed by atoms with Gasteiger partial charge >= 0.3 is 0 Å². The number of anilines is 3. The number of hydrogen-bond donors (Lipinski definition) is 2. The molecule has 0 atom stereocenters. The lowest BCUT2D eigenvalue weighted by molar-refractivity contribution is 0.551. The van der Waals surface area contributed by atoms with Crippen LogP contribution in [-0.2, 0) is 0 Å². The summed E-state index contributed by atoms with van der Waals surface area (Å²) in [6.45, 7) is 3.44. The molecule has 0 aliphatic carbocycles. The first-order valence-corrected chi connectivity index (χ1v) is 6.26. The van der Waals surface area contributed by atoms with Crippen molar-refractivity contribution in [3.63, 3.8) is 0 Å². The van der Waals surface area contributed by atoms with Crippen LogP contribution in [0.25, 0.3) is 0 Å². The van der Waals surface area contributed by atoms with E-state index in [1.807, 2.05) is 37.1 Å². The van der Waals surface area contributed by atoms with Crippen molar-refractivity contribution >= 4 is 17.5 Å². The van der Waals surface area contributed by atoms with E-state index in [1.165, 1.54) is 6.33 Å². The summed E-state index contributed by atoms with van der Waals surface area (Å²) >= 11 is 0. The SMILES string of the molecule is Cc1ccc(Nc2cc(N(C)CCCN)ncn2)o1. The van der Waals surface area contributed by atoms with E-state index in [-0.39, 0.29) is 0 Å². The van der Waals surface area contributed by atoms with Crippen molar-refractivity contribution in [1.29, 1.82) is 0 Å². The molecule has 2 aromatic rings. The van der Waals surface area contributed by atoms with Crippen LogP contribution in [0.15, 0.2) is 28.9 Å². The second kappa shape index (κ2) is 6.19. The molecule has 2 heterocycles. The van der Waals surface area contributed by atoms with E-state index in [4.69, 9.17) is 10.2 Å². The van der Waals surface area contributed by atoms with Gasteiger partial charge in [0.1, 0.15) is 23.7 Å². The Labute approximate surface area is 112 Å². The fraction of sp³-hybridized carbons (Fsp3) is 0.385. The average Bonchev–Trinajstić information content (AvgIpc) is 2.81. The van der Waals surface area contributed by atoms with Crippen LogP contribution in [0.2, 0.25) is 0 Å². The Morgan fingerprint density at radius 3 is 2.89 bits per heavy atom. The highest BCUT2D eigenvalue weighted by Gasteiger charge is 2.05. The van der Waals surface area contributed by atoms with Crippen molar-refractivity contribution in [1.82, 2.24) is 9.97 Å². The van der Waals surface area contributed by atoms with Gasteiger partial charge in [-0.05, 0) is 26.0 Å². The predicted molar refractivity (Wildman–Crippen MR) is 75.7 cm³/mol. The van der Waals surface area contributed by atoms with E-state index < -0.39 is 0 Å². The van der Waals surface area contributed by atoms with E-state index in [0.717, 1.165) is 24.5 Å². The van der Waals surface area contributed by atoms with Gasteiger partial charge in [0.25, 0.3) is 0 Å². The van der Waals surface area contributed by atoms with Crippen molar-refractivity contribution in [3.8, 4) is 0 Å². The van der Waals surface area contributed by atoms with E-state index in [9.17, 15) is 0 Å². The summed E-state index contributed by atoms with van der Waals surface area (Å²) in [5.41, 5.74) is 5.51. The van der Waals surface area contributed by atoms with Gasteiger partial charge in [-0.3, -0.25) is 0 Å². The molecule has 0 radical (unpaired) electrons. The van der Waals surface area contributed by atoms with Crippen LogP contribution in [0.1, 0.15) is 12.2 Å². The molecular weight excluding hydrogens is 242 g/mol. The van der Waals surface area contributed by atoms with Gasteiger partial charge in [-0.2, -0.15) is 0 Å². The zero-order chi connectivity index (χ0) is 13.7. The molecule has 6 heteroatoms. The Morgan fingerprint density at radius 2 is 2.21 bits per heavy atom. The maximum absolute atomic E-state index is 5.51. The topological polar surface area (TPSA) is 80.2 Å². The number of rotatable bonds is 6. The molecule has 0 amide bonds. The zero-order valence-electron chi connectivity index (χ0n) is 11.3. The number of nitrogens with two attached hydrogens (primary N) is 1. The molecular formula is C13H19N5O. The average molecular weight is 261 g/mol. The molecule has 2 aromatic heterocycles. The van der Waals surface area contributed by atoms with Gasteiger partial charge in [0.05, 0.1) is 0 Å². The van der Waals surface area contributed by atoms with Crippen molar-refractivity contribution in [3.05, 3.63) is 30.3 Å². The second-order valence-electron chi connectivity index (χ2n) is 4.36. The molecule has 0 aliphatic heterocycles. The quantitative estimate of drug-likeness (QED) is 0.826. The maximum atomic E-state index is 5.51. The molecule has 0 saturated carbocycles. The van der Waals surface area contributed by atoms with Crippen LogP contribution in [0, 0.1) is 6.92 Å². The number of nitrogens with zero attached hydrogens (tertiary/aromatic N) is 3. The minimum absolute atomic E-state index is 0.673. The van der Waals surface area contributed by atoms with Gasteiger partial charge in [0.15, 0.2) is 5.88 Å². The lowest BCUT2D eigenvalue weighted by Gasteiger charge is -2.17. The second-order valence-corrected chi connectivity index (χ2v) is 4.36. The van der Waals surface area contributed by atoms with Crippen LogP contribution in [-0.4, -0.2) is 30.1 Å². The summed E-state index contributed by atoms with van der Waals surface area (Å²) in [5, 5.41) is 3.11. The third-order valence-electron chi connectivity index (χ3n) is 2.73. The third kappa shape index (κ3) is 3.69. The van der Waals surface area contributed by atoms with E-state index in [1.54, 1.807) is 0 Å².